The number of furan rings is 1. The van der Waals surface area contributed by atoms with Gasteiger partial charge in [0.15, 0.2) is 5.22 Å². The van der Waals surface area contributed by atoms with E-state index in [1.54, 1.807) is 6.07 Å². The molecule has 4 nitrogen and oxygen atoms in total. The van der Waals surface area contributed by atoms with Crippen molar-refractivity contribution >= 4 is 11.6 Å². The highest BCUT2D eigenvalue weighted by molar-refractivity contribution is 6.28. The first-order chi connectivity index (χ1) is 8.70. The van der Waals surface area contributed by atoms with Gasteiger partial charge >= 0.3 is 0 Å². The van der Waals surface area contributed by atoms with E-state index in [4.69, 9.17) is 16.0 Å². The van der Waals surface area contributed by atoms with Gasteiger partial charge in [0.1, 0.15) is 5.76 Å². The zero-order valence-electron chi connectivity index (χ0n) is 10.3. The van der Waals surface area contributed by atoms with E-state index in [-0.39, 0.29) is 0 Å². The van der Waals surface area contributed by atoms with E-state index in [1.165, 1.54) is 18.5 Å². The fourth-order valence-electron chi connectivity index (χ4n) is 2.10. The third-order valence-corrected chi connectivity index (χ3v) is 3.34. The van der Waals surface area contributed by atoms with Crippen molar-refractivity contribution in [3.8, 4) is 0 Å². The van der Waals surface area contributed by atoms with Crippen LogP contribution in [-0.2, 0) is 13.1 Å². The lowest BCUT2D eigenvalue weighted by atomic mass is 10.2. The summed E-state index contributed by atoms with van der Waals surface area (Å²) in [5.74, 6) is 1.58. The lowest BCUT2D eigenvalue weighted by molar-refractivity contribution is 0.285. The van der Waals surface area contributed by atoms with Gasteiger partial charge in [-0.05, 0) is 49.7 Å². The summed E-state index contributed by atoms with van der Waals surface area (Å²) in [6.07, 6.45) is 2.57. The summed E-state index contributed by atoms with van der Waals surface area (Å²) in [6, 6.07) is 5.84. The van der Waals surface area contributed by atoms with Gasteiger partial charge in [0.05, 0.1) is 12.2 Å². The maximum absolute atomic E-state index is 5.75. The van der Waals surface area contributed by atoms with Crippen molar-refractivity contribution in [2.45, 2.75) is 31.8 Å². The molecule has 0 bridgehead atoms. The Kier molecular flexibility index (Phi) is 3.14. The first-order valence-electron chi connectivity index (χ1n) is 6.17. The molecule has 0 atom stereocenters. The summed E-state index contributed by atoms with van der Waals surface area (Å²) >= 11 is 5.75. The summed E-state index contributed by atoms with van der Waals surface area (Å²) in [7, 11) is 2.05. The van der Waals surface area contributed by atoms with E-state index in [0.29, 0.717) is 11.1 Å². The summed E-state index contributed by atoms with van der Waals surface area (Å²) in [5.41, 5.74) is 2.36. The van der Waals surface area contributed by atoms with Crippen LogP contribution in [0.2, 0.25) is 5.22 Å². The molecule has 1 aliphatic carbocycles. The van der Waals surface area contributed by atoms with Crippen LogP contribution in [0.1, 0.15) is 35.9 Å². The summed E-state index contributed by atoms with van der Waals surface area (Å²) in [5, 5.41) is 7.89. The molecule has 1 fully saturated rings. The third-order valence-electron chi connectivity index (χ3n) is 3.14. The zero-order chi connectivity index (χ0) is 12.5. The molecule has 18 heavy (non-hydrogen) atoms. The van der Waals surface area contributed by atoms with Gasteiger partial charge in [0, 0.05) is 18.2 Å². The Balaban J connectivity index is 1.57. The molecule has 0 spiro atoms. The number of halogens is 1. The molecule has 0 unspecified atom stereocenters. The van der Waals surface area contributed by atoms with Crippen molar-refractivity contribution in [2.24, 2.45) is 0 Å². The predicted molar refractivity (Wildman–Crippen MR) is 69.5 cm³/mol. The fourth-order valence-corrected chi connectivity index (χ4v) is 2.26. The second-order valence-corrected chi connectivity index (χ2v) is 5.34. The molecule has 2 heterocycles. The number of aromatic nitrogens is 2. The normalized spacial score (nSPS) is 15.5. The molecule has 0 radical (unpaired) electrons. The maximum Gasteiger partial charge on any atom is 0.193 e. The standard InChI is InChI=1S/C13H16ClN3O/c1-17(8-11-4-5-13(14)18-11)7-10-6-12(16-15-10)9-2-3-9/h4-6,9H,2-3,7-8H2,1H3,(H,15,16). The number of nitrogens with zero attached hydrogens (tertiary/aromatic N) is 2. The second kappa shape index (κ2) is 4.78. The van der Waals surface area contributed by atoms with Crippen LogP contribution in [0.3, 0.4) is 0 Å². The lowest BCUT2D eigenvalue weighted by Gasteiger charge is -2.13. The summed E-state index contributed by atoms with van der Waals surface area (Å²) in [4.78, 5) is 2.17. The largest absolute Gasteiger partial charge is 0.448 e. The van der Waals surface area contributed by atoms with Gasteiger partial charge in [-0.15, -0.1) is 0 Å². The SMILES string of the molecule is CN(Cc1cc(C2CC2)n[nH]1)Cc1ccc(Cl)o1. The van der Waals surface area contributed by atoms with Crippen molar-refractivity contribution in [3.05, 3.63) is 40.6 Å². The minimum atomic E-state index is 0.441. The molecule has 2 aromatic rings. The number of nitrogens with one attached hydrogen (secondary N) is 1. The molecule has 5 heteroatoms. The van der Waals surface area contributed by atoms with Crippen molar-refractivity contribution in [1.29, 1.82) is 0 Å². The smallest absolute Gasteiger partial charge is 0.193 e. The second-order valence-electron chi connectivity index (χ2n) is 4.97. The van der Waals surface area contributed by atoms with E-state index in [0.717, 1.165) is 24.5 Å². The van der Waals surface area contributed by atoms with E-state index in [2.05, 4.69) is 21.2 Å². The van der Waals surface area contributed by atoms with Crippen LogP contribution in [0, 0.1) is 0 Å². The average Bonchev–Trinajstić information content (AvgIpc) is 2.95. The molecule has 1 saturated carbocycles. The van der Waals surface area contributed by atoms with Gasteiger partial charge in [-0.2, -0.15) is 5.10 Å². The molecule has 1 N–H and O–H groups in total. The molecule has 2 aromatic heterocycles. The number of aromatic amines is 1. The fraction of sp³-hybridized carbons (Fsp3) is 0.462. The topological polar surface area (TPSA) is 45.1 Å². The molecule has 0 amide bonds. The lowest BCUT2D eigenvalue weighted by Crippen LogP contribution is -2.17. The van der Waals surface area contributed by atoms with Gasteiger partial charge in [0.2, 0.25) is 0 Å². The van der Waals surface area contributed by atoms with Gasteiger partial charge in [-0.25, -0.2) is 0 Å². The van der Waals surface area contributed by atoms with Gasteiger partial charge in [0.25, 0.3) is 0 Å². The highest BCUT2D eigenvalue weighted by Gasteiger charge is 2.26. The summed E-state index contributed by atoms with van der Waals surface area (Å²) in [6.45, 7) is 1.57. The molecule has 96 valence electrons. The van der Waals surface area contributed by atoms with Gasteiger partial charge in [-0.1, -0.05) is 0 Å². The van der Waals surface area contributed by atoms with Crippen molar-refractivity contribution in [3.63, 3.8) is 0 Å². The Hall–Kier alpha value is -1.26. The maximum atomic E-state index is 5.75. The van der Waals surface area contributed by atoms with Crippen LogP contribution in [-0.4, -0.2) is 22.1 Å². The van der Waals surface area contributed by atoms with E-state index < -0.39 is 0 Å². The Labute approximate surface area is 111 Å². The Morgan fingerprint density at radius 2 is 2.28 bits per heavy atom. The van der Waals surface area contributed by atoms with Crippen molar-refractivity contribution in [2.75, 3.05) is 7.05 Å². The highest BCUT2D eigenvalue weighted by atomic mass is 35.5. The van der Waals surface area contributed by atoms with Crippen LogP contribution in [0.15, 0.2) is 22.6 Å². The minimum Gasteiger partial charge on any atom is -0.448 e. The Bertz CT molecular complexity index is 530. The quantitative estimate of drug-likeness (QED) is 0.903. The van der Waals surface area contributed by atoms with Gasteiger partial charge in [-0.3, -0.25) is 10.00 Å². The molecule has 0 aromatic carbocycles. The van der Waals surface area contributed by atoms with Crippen LogP contribution < -0.4 is 0 Å². The zero-order valence-corrected chi connectivity index (χ0v) is 11.1. The van der Waals surface area contributed by atoms with E-state index >= 15 is 0 Å². The first kappa shape index (κ1) is 11.8. The molecule has 0 aliphatic heterocycles. The molecule has 0 saturated heterocycles. The van der Waals surface area contributed by atoms with E-state index in [9.17, 15) is 0 Å². The van der Waals surface area contributed by atoms with Crippen LogP contribution in [0.25, 0.3) is 0 Å². The minimum absolute atomic E-state index is 0.441. The number of hydrogen-bond donors (Lipinski definition) is 1. The number of H-pyrrole nitrogens is 1. The predicted octanol–water partition coefficient (Wildman–Crippen LogP) is 3.17. The molecular formula is C13H16ClN3O. The molecular weight excluding hydrogens is 250 g/mol. The number of hydrogen-bond acceptors (Lipinski definition) is 3. The molecule has 3 rings (SSSR count). The third kappa shape index (κ3) is 2.76. The van der Waals surface area contributed by atoms with Crippen LogP contribution in [0.4, 0.5) is 0 Å². The van der Waals surface area contributed by atoms with Crippen molar-refractivity contribution in [1.82, 2.24) is 15.1 Å². The van der Waals surface area contributed by atoms with Gasteiger partial charge < -0.3 is 4.42 Å². The van der Waals surface area contributed by atoms with Crippen LogP contribution in [0.5, 0.6) is 0 Å². The highest BCUT2D eigenvalue weighted by Crippen LogP contribution is 2.39. The summed E-state index contributed by atoms with van der Waals surface area (Å²) < 4.78 is 5.34. The Morgan fingerprint density at radius 3 is 2.94 bits per heavy atom. The average molecular weight is 266 g/mol. The van der Waals surface area contributed by atoms with Crippen molar-refractivity contribution < 1.29 is 4.42 Å². The van der Waals surface area contributed by atoms with Crippen LogP contribution >= 0.6 is 11.6 Å². The molecule has 1 aliphatic rings. The van der Waals surface area contributed by atoms with E-state index in [1.807, 2.05) is 13.1 Å². The number of rotatable bonds is 5. The first-order valence-corrected chi connectivity index (χ1v) is 6.55. The Morgan fingerprint density at radius 1 is 1.44 bits per heavy atom. The monoisotopic (exact) mass is 265 g/mol.